The van der Waals surface area contributed by atoms with Crippen molar-refractivity contribution in [3.8, 4) is 0 Å². The summed E-state index contributed by atoms with van der Waals surface area (Å²) >= 11 is 6.20. The van der Waals surface area contributed by atoms with Crippen molar-refractivity contribution in [3.05, 3.63) is 101 Å². The average molecular weight is 731 g/mol. The van der Waals surface area contributed by atoms with E-state index in [1.807, 2.05) is 30.3 Å². The molecule has 1 aliphatic carbocycles. The number of hydrogen-bond acceptors (Lipinski definition) is 6. The van der Waals surface area contributed by atoms with Crippen LogP contribution in [0.3, 0.4) is 0 Å². The van der Waals surface area contributed by atoms with Gasteiger partial charge in [0.1, 0.15) is 18.2 Å². The fourth-order valence-electron chi connectivity index (χ4n) is 7.24. The molecule has 4 amide bonds. The number of carbonyl (C=O) groups excluding carboxylic acids is 4. The van der Waals surface area contributed by atoms with Crippen LogP contribution in [0.5, 0.6) is 0 Å². The molecule has 0 aromatic heterocycles. The molecule has 2 fully saturated rings. The Bertz CT molecular complexity index is 1780. The number of carboxylic acid groups (broad SMARTS) is 2. The minimum Gasteiger partial charge on any atom is -0.481 e. The van der Waals surface area contributed by atoms with Gasteiger partial charge in [0.25, 0.3) is 5.91 Å². The second-order valence-corrected chi connectivity index (χ2v) is 13.9. The highest BCUT2D eigenvalue weighted by atomic mass is 35.5. The van der Waals surface area contributed by atoms with Crippen molar-refractivity contribution < 1.29 is 39.0 Å². The van der Waals surface area contributed by atoms with Crippen molar-refractivity contribution >= 4 is 52.9 Å². The van der Waals surface area contributed by atoms with Crippen LogP contribution in [-0.4, -0.2) is 69.3 Å². The van der Waals surface area contributed by atoms with E-state index in [2.05, 4.69) is 10.6 Å². The largest absolute Gasteiger partial charge is 0.481 e. The van der Waals surface area contributed by atoms with E-state index in [0.717, 1.165) is 18.4 Å². The van der Waals surface area contributed by atoms with E-state index in [0.29, 0.717) is 47.6 Å². The highest BCUT2D eigenvalue weighted by molar-refractivity contribution is 6.30. The van der Waals surface area contributed by atoms with E-state index in [9.17, 15) is 39.0 Å². The minimum atomic E-state index is -1.22. The van der Waals surface area contributed by atoms with Crippen LogP contribution >= 0.6 is 11.6 Å². The summed E-state index contributed by atoms with van der Waals surface area (Å²) in [6.45, 7) is 1.73. The quantitative estimate of drug-likeness (QED) is 0.171. The van der Waals surface area contributed by atoms with Gasteiger partial charge in [-0.3, -0.25) is 28.9 Å². The highest BCUT2D eigenvalue weighted by Gasteiger charge is 2.49. The molecule has 2 unspecified atom stereocenters. The molecule has 0 spiro atoms. The molecule has 0 radical (unpaired) electrons. The Kier molecular flexibility index (Phi) is 12.3. The Hall–Kier alpha value is -5.23. The van der Waals surface area contributed by atoms with Crippen LogP contribution in [0.1, 0.15) is 74.7 Å². The molecule has 0 bridgehead atoms. The van der Waals surface area contributed by atoms with Crippen LogP contribution in [0.15, 0.2) is 78.9 Å². The van der Waals surface area contributed by atoms with E-state index in [-0.39, 0.29) is 37.0 Å². The van der Waals surface area contributed by atoms with Gasteiger partial charge < -0.3 is 25.7 Å². The molecule has 1 saturated heterocycles. The van der Waals surface area contributed by atoms with Gasteiger partial charge in [-0.05, 0) is 60.2 Å². The lowest BCUT2D eigenvalue weighted by Crippen LogP contribution is -2.49. The summed E-state index contributed by atoms with van der Waals surface area (Å²) in [6.07, 6.45) is 1.87. The average Bonchev–Trinajstić information content (AvgIpc) is 3.71. The molecule has 1 saturated carbocycles. The number of nitrogens with one attached hydrogen (secondary N) is 2. The van der Waals surface area contributed by atoms with Gasteiger partial charge >= 0.3 is 11.9 Å². The van der Waals surface area contributed by atoms with Gasteiger partial charge in [0, 0.05) is 43.4 Å². The number of nitrogens with zero attached hydrogens (tertiary/aromatic N) is 2. The SMILES string of the molecule is CC(=O)NCCC1(C(=O)NC(Cc2ccc(N3C(=O)[C@@H](Cc4ccccc4)N(C(=O)CCC(=O)O)C3c3ccc(Cl)cc3)cc2)C(=O)O)CCCC1. The summed E-state index contributed by atoms with van der Waals surface area (Å²) in [5.74, 6) is -3.72. The zero-order valence-corrected chi connectivity index (χ0v) is 29.7. The van der Waals surface area contributed by atoms with Crippen molar-refractivity contribution in [1.82, 2.24) is 15.5 Å². The van der Waals surface area contributed by atoms with E-state index >= 15 is 0 Å². The lowest BCUT2D eigenvalue weighted by molar-refractivity contribution is -0.144. The third-order valence-corrected chi connectivity index (χ3v) is 10.2. The number of carbonyl (C=O) groups is 6. The maximum absolute atomic E-state index is 14.4. The molecule has 3 aromatic carbocycles. The summed E-state index contributed by atoms with van der Waals surface area (Å²) in [6, 6.07) is 20.6. The van der Waals surface area contributed by atoms with Gasteiger partial charge in [-0.2, -0.15) is 0 Å². The van der Waals surface area contributed by atoms with Crippen molar-refractivity contribution in [1.29, 1.82) is 0 Å². The first-order chi connectivity index (χ1) is 24.9. The molecule has 1 heterocycles. The van der Waals surface area contributed by atoms with Crippen LogP contribution in [0, 0.1) is 5.41 Å². The van der Waals surface area contributed by atoms with Gasteiger partial charge in [0.05, 0.1) is 11.8 Å². The molecular weight excluding hydrogens is 688 g/mol. The number of amides is 4. The molecule has 274 valence electrons. The number of benzene rings is 3. The monoisotopic (exact) mass is 730 g/mol. The molecule has 3 aromatic rings. The first kappa shape index (κ1) is 38.0. The number of hydrogen-bond donors (Lipinski definition) is 4. The number of carboxylic acids is 2. The fraction of sp³-hybridized carbons (Fsp3) is 0.385. The normalized spacial score (nSPS) is 18.5. The predicted molar refractivity (Wildman–Crippen MR) is 193 cm³/mol. The van der Waals surface area contributed by atoms with Crippen LogP contribution in [-0.2, 0) is 41.6 Å². The molecule has 13 heteroatoms. The van der Waals surface area contributed by atoms with Gasteiger partial charge in [0.2, 0.25) is 17.7 Å². The Morgan fingerprint density at radius 1 is 0.885 bits per heavy atom. The summed E-state index contributed by atoms with van der Waals surface area (Å²) in [7, 11) is 0. The second kappa shape index (κ2) is 16.9. The van der Waals surface area contributed by atoms with Crippen molar-refractivity contribution in [2.45, 2.75) is 83.0 Å². The van der Waals surface area contributed by atoms with E-state index in [1.165, 1.54) is 16.7 Å². The third-order valence-electron chi connectivity index (χ3n) is 9.92. The smallest absolute Gasteiger partial charge is 0.326 e. The maximum Gasteiger partial charge on any atom is 0.326 e. The Morgan fingerprint density at radius 3 is 2.13 bits per heavy atom. The van der Waals surface area contributed by atoms with Crippen LogP contribution in [0.4, 0.5) is 5.69 Å². The zero-order chi connectivity index (χ0) is 37.4. The third kappa shape index (κ3) is 8.97. The standard InChI is InChI=1S/C39H43ClN4O8/c1-25(45)41-22-21-39(19-5-6-20-39)38(52)42-31(37(50)51)23-27-9-15-30(16-10-27)43-35(28-11-13-29(40)14-12-28)44(33(46)17-18-34(47)48)32(36(43)49)24-26-7-3-2-4-8-26/h2-4,7-16,31-32,35H,5-6,17-24H2,1H3,(H,41,45)(H,42,52)(H,47,48)(H,50,51)/t31?,32-,35?/m1/s1. The van der Waals surface area contributed by atoms with Crippen molar-refractivity contribution in [3.63, 3.8) is 0 Å². The number of aliphatic carboxylic acids is 2. The first-order valence-corrected chi connectivity index (χ1v) is 17.8. The van der Waals surface area contributed by atoms with E-state index < -0.39 is 47.9 Å². The molecule has 3 atom stereocenters. The maximum atomic E-state index is 14.4. The van der Waals surface area contributed by atoms with Gasteiger partial charge in [-0.15, -0.1) is 0 Å². The van der Waals surface area contributed by atoms with E-state index in [1.54, 1.807) is 48.5 Å². The van der Waals surface area contributed by atoms with Crippen LogP contribution in [0.2, 0.25) is 5.02 Å². The molecule has 5 rings (SSSR count). The molecule has 2 aliphatic rings. The predicted octanol–water partition coefficient (Wildman–Crippen LogP) is 4.89. The summed E-state index contributed by atoms with van der Waals surface area (Å²) < 4.78 is 0. The second-order valence-electron chi connectivity index (χ2n) is 13.5. The zero-order valence-electron chi connectivity index (χ0n) is 28.9. The minimum absolute atomic E-state index is 0.0197. The van der Waals surface area contributed by atoms with Crippen LogP contribution < -0.4 is 15.5 Å². The summed E-state index contributed by atoms with van der Waals surface area (Å²) in [4.78, 5) is 79.9. The first-order valence-electron chi connectivity index (χ1n) is 17.4. The Morgan fingerprint density at radius 2 is 1.54 bits per heavy atom. The lowest BCUT2D eigenvalue weighted by Gasteiger charge is -2.32. The highest BCUT2D eigenvalue weighted by Crippen LogP contribution is 2.42. The lowest BCUT2D eigenvalue weighted by atomic mass is 9.81. The Balaban J connectivity index is 1.43. The molecular formula is C39H43ClN4O8. The molecule has 4 N–H and O–H groups in total. The Labute approximate surface area is 307 Å². The molecule has 52 heavy (non-hydrogen) atoms. The fourth-order valence-corrected chi connectivity index (χ4v) is 7.37. The number of halogens is 1. The molecule has 12 nitrogen and oxygen atoms in total. The van der Waals surface area contributed by atoms with Crippen molar-refractivity contribution in [2.75, 3.05) is 11.4 Å². The van der Waals surface area contributed by atoms with Gasteiger partial charge in [-0.25, -0.2) is 4.79 Å². The summed E-state index contributed by atoms with van der Waals surface area (Å²) in [5, 5.41) is 25.4. The van der Waals surface area contributed by atoms with E-state index in [4.69, 9.17) is 11.6 Å². The topological polar surface area (TPSA) is 173 Å². The van der Waals surface area contributed by atoms with Gasteiger partial charge in [-0.1, -0.05) is 79.0 Å². The summed E-state index contributed by atoms with van der Waals surface area (Å²) in [5.41, 5.74) is 1.70. The number of rotatable bonds is 15. The van der Waals surface area contributed by atoms with Gasteiger partial charge in [0.15, 0.2) is 0 Å². The number of anilines is 1. The van der Waals surface area contributed by atoms with Crippen molar-refractivity contribution in [2.24, 2.45) is 5.41 Å². The van der Waals surface area contributed by atoms with Crippen LogP contribution in [0.25, 0.3) is 0 Å². The molecule has 1 aliphatic heterocycles.